The molecule has 2 heterocycles. The van der Waals surface area contributed by atoms with Gasteiger partial charge < -0.3 is 4.90 Å². The van der Waals surface area contributed by atoms with Crippen molar-refractivity contribution in [3.63, 3.8) is 0 Å². The summed E-state index contributed by atoms with van der Waals surface area (Å²) in [7, 11) is 0. The topological polar surface area (TPSA) is 59.3 Å². The van der Waals surface area contributed by atoms with Crippen molar-refractivity contribution >= 4 is 23.3 Å². The van der Waals surface area contributed by atoms with E-state index in [1.807, 2.05) is 30.0 Å². The maximum Gasteiger partial charge on any atom is 0.271 e. The SMILES string of the molecule is CC1=Cc2cccnc2N(c2cccc([N+](=O)[O-])c2)C1. The number of rotatable bonds is 2. The second kappa shape index (κ2) is 4.77. The fourth-order valence-corrected chi connectivity index (χ4v) is 2.37. The van der Waals surface area contributed by atoms with Crippen LogP contribution in [0.5, 0.6) is 0 Å². The van der Waals surface area contributed by atoms with Gasteiger partial charge >= 0.3 is 0 Å². The van der Waals surface area contributed by atoms with Gasteiger partial charge in [0.2, 0.25) is 0 Å². The van der Waals surface area contributed by atoms with E-state index in [-0.39, 0.29) is 10.6 Å². The van der Waals surface area contributed by atoms with Crippen molar-refractivity contribution in [3.05, 3.63) is 63.8 Å². The molecule has 0 radical (unpaired) electrons. The van der Waals surface area contributed by atoms with Gasteiger partial charge in [-0.2, -0.15) is 0 Å². The maximum atomic E-state index is 10.9. The lowest BCUT2D eigenvalue weighted by Crippen LogP contribution is -2.24. The molecule has 0 N–H and O–H groups in total. The van der Waals surface area contributed by atoms with Gasteiger partial charge in [-0.25, -0.2) is 4.98 Å². The summed E-state index contributed by atoms with van der Waals surface area (Å²) < 4.78 is 0. The van der Waals surface area contributed by atoms with Crippen LogP contribution in [0.1, 0.15) is 12.5 Å². The van der Waals surface area contributed by atoms with Crippen LogP contribution < -0.4 is 4.90 Å². The summed E-state index contributed by atoms with van der Waals surface area (Å²) in [5, 5.41) is 10.9. The molecule has 2 aromatic rings. The van der Waals surface area contributed by atoms with E-state index in [4.69, 9.17) is 0 Å². The zero-order chi connectivity index (χ0) is 14.1. The van der Waals surface area contributed by atoms with E-state index >= 15 is 0 Å². The predicted molar refractivity (Wildman–Crippen MR) is 78.0 cm³/mol. The first-order valence-electron chi connectivity index (χ1n) is 6.29. The van der Waals surface area contributed by atoms with Gasteiger partial charge in [0.15, 0.2) is 0 Å². The molecule has 0 bridgehead atoms. The number of non-ortho nitro benzene ring substituents is 1. The third-order valence-corrected chi connectivity index (χ3v) is 3.23. The molecule has 1 aromatic carbocycles. The molecular weight excluding hydrogens is 254 g/mol. The van der Waals surface area contributed by atoms with Crippen molar-refractivity contribution in [1.29, 1.82) is 0 Å². The lowest BCUT2D eigenvalue weighted by Gasteiger charge is -2.29. The third-order valence-electron chi connectivity index (χ3n) is 3.23. The normalized spacial score (nSPS) is 13.7. The van der Waals surface area contributed by atoms with E-state index in [0.717, 1.165) is 17.1 Å². The highest BCUT2D eigenvalue weighted by molar-refractivity contribution is 5.76. The highest BCUT2D eigenvalue weighted by Gasteiger charge is 2.20. The lowest BCUT2D eigenvalue weighted by molar-refractivity contribution is -0.384. The fraction of sp³-hybridized carbons (Fsp3) is 0.133. The smallest absolute Gasteiger partial charge is 0.271 e. The molecule has 1 aromatic heterocycles. The minimum absolute atomic E-state index is 0.0900. The Hall–Kier alpha value is -2.69. The summed E-state index contributed by atoms with van der Waals surface area (Å²) in [6, 6.07) is 10.5. The van der Waals surface area contributed by atoms with E-state index < -0.39 is 0 Å². The van der Waals surface area contributed by atoms with Gasteiger partial charge in [0.05, 0.1) is 4.92 Å². The molecule has 0 atom stereocenters. The van der Waals surface area contributed by atoms with Crippen LogP contribution in [-0.2, 0) is 0 Å². The van der Waals surface area contributed by atoms with Crippen LogP contribution in [0.3, 0.4) is 0 Å². The lowest BCUT2D eigenvalue weighted by atomic mass is 10.1. The average molecular weight is 267 g/mol. The number of hydrogen-bond donors (Lipinski definition) is 0. The summed E-state index contributed by atoms with van der Waals surface area (Å²) in [6.45, 7) is 2.73. The monoisotopic (exact) mass is 267 g/mol. The summed E-state index contributed by atoms with van der Waals surface area (Å²) in [6.07, 6.45) is 3.83. The molecule has 5 nitrogen and oxygen atoms in total. The van der Waals surface area contributed by atoms with Crippen LogP contribution in [0, 0.1) is 10.1 Å². The number of hydrogen-bond acceptors (Lipinski definition) is 4. The standard InChI is InChI=1S/C15H13N3O2/c1-11-8-12-4-3-7-16-15(12)17(10-11)13-5-2-6-14(9-13)18(19)20/h2-9H,10H2,1H3. The highest BCUT2D eigenvalue weighted by atomic mass is 16.6. The number of nitro benzene ring substituents is 1. The largest absolute Gasteiger partial charge is 0.322 e. The summed E-state index contributed by atoms with van der Waals surface area (Å²) in [5.41, 5.74) is 3.10. The number of aromatic nitrogens is 1. The highest BCUT2D eigenvalue weighted by Crippen LogP contribution is 2.33. The van der Waals surface area contributed by atoms with E-state index in [9.17, 15) is 10.1 Å². The molecule has 3 rings (SSSR count). The van der Waals surface area contributed by atoms with Gasteiger partial charge in [-0.3, -0.25) is 10.1 Å². The van der Waals surface area contributed by atoms with Gasteiger partial charge in [0.25, 0.3) is 5.69 Å². The van der Waals surface area contributed by atoms with Gasteiger partial charge in [0.1, 0.15) is 5.82 Å². The van der Waals surface area contributed by atoms with Crippen LogP contribution in [0.25, 0.3) is 6.08 Å². The van der Waals surface area contributed by atoms with Crippen LogP contribution in [0.15, 0.2) is 48.2 Å². The third kappa shape index (κ3) is 2.14. The molecule has 0 fully saturated rings. The minimum Gasteiger partial charge on any atom is -0.322 e. The Bertz CT molecular complexity index is 710. The molecule has 0 saturated carbocycles. The van der Waals surface area contributed by atoms with Crippen LogP contribution in [-0.4, -0.2) is 16.5 Å². The predicted octanol–water partition coefficient (Wildman–Crippen LogP) is 3.54. The average Bonchev–Trinajstić information content (AvgIpc) is 2.46. The van der Waals surface area contributed by atoms with Crippen LogP contribution in [0.4, 0.5) is 17.2 Å². The summed E-state index contributed by atoms with van der Waals surface area (Å²) in [5.74, 6) is 0.832. The van der Waals surface area contributed by atoms with Gasteiger partial charge in [0, 0.05) is 36.1 Å². The van der Waals surface area contributed by atoms with Crippen molar-refractivity contribution in [3.8, 4) is 0 Å². The number of fused-ring (bicyclic) bond motifs is 1. The van der Waals surface area contributed by atoms with E-state index in [2.05, 4.69) is 11.1 Å². The van der Waals surface area contributed by atoms with Gasteiger partial charge in [-0.1, -0.05) is 17.7 Å². The second-order valence-electron chi connectivity index (χ2n) is 4.77. The van der Waals surface area contributed by atoms with Crippen molar-refractivity contribution in [2.24, 2.45) is 0 Å². The Labute approximate surface area is 116 Å². The first kappa shape index (κ1) is 12.3. The van der Waals surface area contributed by atoms with Gasteiger partial charge in [-0.05, 0) is 25.1 Å². The Morgan fingerprint density at radius 1 is 1.30 bits per heavy atom. The van der Waals surface area contributed by atoms with Crippen molar-refractivity contribution < 1.29 is 4.92 Å². The molecule has 0 amide bonds. The van der Waals surface area contributed by atoms with E-state index in [0.29, 0.717) is 6.54 Å². The van der Waals surface area contributed by atoms with Crippen molar-refractivity contribution in [1.82, 2.24) is 4.98 Å². The molecule has 20 heavy (non-hydrogen) atoms. The minimum atomic E-state index is -0.379. The van der Waals surface area contributed by atoms with Crippen molar-refractivity contribution in [2.75, 3.05) is 11.4 Å². The number of nitro groups is 1. The molecule has 1 aliphatic rings. The summed E-state index contributed by atoms with van der Waals surface area (Å²) >= 11 is 0. The zero-order valence-electron chi connectivity index (χ0n) is 11.0. The molecule has 0 spiro atoms. The summed E-state index contributed by atoms with van der Waals surface area (Å²) in [4.78, 5) is 16.9. The number of pyridine rings is 1. The van der Waals surface area contributed by atoms with E-state index in [1.54, 1.807) is 18.3 Å². The number of nitrogens with zero attached hydrogens (tertiary/aromatic N) is 3. The van der Waals surface area contributed by atoms with Crippen molar-refractivity contribution in [2.45, 2.75) is 6.92 Å². The molecule has 1 aliphatic heterocycles. The zero-order valence-corrected chi connectivity index (χ0v) is 11.0. The van der Waals surface area contributed by atoms with E-state index in [1.165, 1.54) is 11.6 Å². The van der Waals surface area contributed by atoms with Crippen LogP contribution in [0.2, 0.25) is 0 Å². The second-order valence-corrected chi connectivity index (χ2v) is 4.77. The number of anilines is 2. The molecule has 0 aliphatic carbocycles. The molecule has 5 heteroatoms. The first-order chi connectivity index (χ1) is 9.65. The molecular formula is C15H13N3O2. The molecule has 0 saturated heterocycles. The molecule has 100 valence electrons. The Balaban J connectivity index is 2.09. The molecule has 0 unspecified atom stereocenters. The van der Waals surface area contributed by atoms with Crippen LogP contribution >= 0.6 is 0 Å². The first-order valence-corrected chi connectivity index (χ1v) is 6.29. The fourth-order valence-electron chi connectivity index (χ4n) is 2.37. The quantitative estimate of drug-likeness (QED) is 0.616. The Morgan fingerprint density at radius 3 is 2.95 bits per heavy atom. The number of benzene rings is 1. The Kier molecular flexibility index (Phi) is 2.95. The Morgan fingerprint density at radius 2 is 2.15 bits per heavy atom. The maximum absolute atomic E-state index is 10.9. The van der Waals surface area contributed by atoms with Gasteiger partial charge in [-0.15, -0.1) is 0 Å².